The molecule has 0 saturated heterocycles. The predicted molar refractivity (Wildman–Crippen MR) is 136 cm³/mol. The number of benzene rings is 2. The maximum Gasteiger partial charge on any atom is 0.234 e. The van der Waals surface area contributed by atoms with E-state index in [1.807, 2.05) is 36.4 Å². The number of amides is 2. The highest BCUT2D eigenvalue weighted by molar-refractivity contribution is 8.39. The second kappa shape index (κ2) is 10.6. The number of carbonyl (C=O) groups excluding carboxylic acids is 2. The molecule has 2 aliphatic heterocycles. The molecular weight excluding hydrogens is 457 g/mol. The van der Waals surface area contributed by atoms with Gasteiger partial charge in [-0.3, -0.25) is 19.6 Å². The zero-order chi connectivity index (χ0) is 20.8. The molecule has 2 amide bonds. The molecule has 156 valence electrons. The molecule has 0 atom stereocenters. The zero-order valence-electron chi connectivity index (χ0n) is 16.1. The summed E-state index contributed by atoms with van der Waals surface area (Å²) >= 11 is 6.34. The van der Waals surface area contributed by atoms with E-state index in [1.165, 1.54) is 23.5 Å². The van der Waals surface area contributed by atoms with Crippen LogP contribution in [-0.2, 0) is 9.59 Å². The lowest BCUT2D eigenvalue weighted by Gasteiger charge is -2.12. The Balaban J connectivity index is 1.41. The molecule has 4 rings (SSSR count). The van der Waals surface area contributed by atoms with E-state index in [4.69, 9.17) is 0 Å². The minimum Gasteiger partial charge on any atom is -0.325 e. The first-order valence-electron chi connectivity index (χ1n) is 9.40. The maximum absolute atomic E-state index is 12.4. The average Bonchev–Trinajstić information content (AvgIpc) is 3.46. The molecule has 2 heterocycles. The highest BCUT2D eigenvalue weighted by Gasteiger charge is 2.14. The van der Waals surface area contributed by atoms with Crippen LogP contribution < -0.4 is 10.6 Å². The Bertz CT molecular complexity index is 944. The minimum atomic E-state index is -0.0663. The Hall–Kier alpha value is -1.62. The first kappa shape index (κ1) is 21.6. The molecule has 0 spiro atoms. The number of fused-ring (bicyclic) bond motifs is 1. The molecule has 0 bridgehead atoms. The van der Waals surface area contributed by atoms with Crippen LogP contribution in [0.3, 0.4) is 0 Å². The normalized spacial score (nSPS) is 15.7. The van der Waals surface area contributed by atoms with Crippen molar-refractivity contribution in [2.75, 3.05) is 46.7 Å². The van der Waals surface area contributed by atoms with Crippen molar-refractivity contribution in [3.05, 3.63) is 36.4 Å². The van der Waals surface area contributed by atoms with Crippen LogP contribution in [0.15, 0.2) is 46.4 Å². The van der Waals surface area contributed by atoms with E-state index >= 15 is 0 Å². The molecule has 30 heavy (non-hydrogen) atoms. The van der Waals surface area contributed by atoms with Crippen LogP contribution in [0.2, 0.25) is 0 Å². The van der Waals surface area contributed by atoms with Crippen molar-refractivity contribution in [2.45, 2.75) is 0 Å². The molecule has 0 fully saturated rings. The molecule has 2 aromatic rings. The molecule has 0 aliphatic carbocycles. The largest absolute Gasteiger partial charge is 0.325 e. The van der Waals surface area contributed by atoms with Gasteiger partial charge in [-0.05, 0) is 12.1 Å². The van der Waals surface area contributed by atoms with Gasteiger partial charge in [-0.2, -0.15) is 0 Å². The lowest BCUT2D eigenvalue weighted by Crippen LogP contribution is -2.16. The number of anilines is 2. The summed E-state index contributed by atoms with van der Waals surface area (Å²) in [6, 6.07) is 11.4. The number of hydrogen-bond donors (Lipinski definition) is 2. The van der Waals surface area contributed by atoms with Crippen LogP contribution in [0.5, 0.6) is 0 Å². The Morgan fingerprint density at radius 2 is 1.27 bits per heavy atom. The SMILES string of the molecule is O=C(CSC1=NCCS1)Nc1cccc2c(NC(=O)CSC3=NCCS3)cccc12. The summed E-state index contributed by atoms with van der Waals surface area (Å²) in [6.45, 7) is 1.66. The van der Waals surface area contributed by atoms with Crippen molar-refractivity contribution in [1.29, 1.82) is 0 Å². The molecule has 2 aliphatic rings. The molecule has 0 aromatic heterocycles. The Morgan fingerprint density at radius 1 is 0.800 bits per heavy atom. The van der Waals surface area contributed by atoms with Crippen molar-refractivity contribution in [3.63, 3.8) is 0 Å². The van der Waals surface area contributed by atoms with Gasteiger partial charge in [-0.1, -0.05) is 71.3 Å². The van der Waals surface area contributed by atoms with E-state index in [1.54, 1.807) is 23.5 Å². The fourth-order valence-corrected chi connectivity index (χ4v) is 6.58. The summed E-state index contributed by atoms with van der Waals surface area (Å²) in [5.41, 5.74) is 1.47. The predicted octanol–water partition coefficient (Wildman–Crippen LogP) is 4.39. The van der Waals surface area contributed by atoms with Crippen LogP contribution in [0.4, 0.5) is 11.4 Å². The highest BCUT2D eigenvalue weighted by Crippen LogP contribution is 2.30. The molecular formula is C20H20N4O2S4. The molecule has 6 nitrogen and oxygen atoms in total. The number of carbonyl (C=O) groups is 2. The van der Waals surface area contributed by atoms with E-state index in [9.17, 15) is 9.59 Å². The maximum atomic E-state index is 12.4. The minimum absolute atomic E-state index is 0.0663. The number of thioether (sulfide) groups is 4. The lowest BCUT2D eigenvalue weighted by atomic mass is 10.1. The standard InChI is InChI=1S/C20H20N4O2S4/c25-17(11-29-19-21-7-9-27-19)23-15-5-1-3-13-14(15)4-2-6-16(13)24-18(26)12-30-20-22-8-10-28-20/h1-6H,7-12H2,(H,23,25)(H,24,26). The number of nitrogens with one attached hydrogen (secondary N) is 2. The highest BCUT2D eigenvalue weighted by atomic mass is 32.2. The van der Waals surface area contributed by atoms with Gasteiger partial charge in [0, 0.05) is 33.7 Å². The second-order valence-electron chi connectivity index (χ2n) is 6.37. The van der Waals surface area contributed by atoms with Crippen molar-refractivity contribution in [3.8, 4) is 0 Å². The van der Waals surface area contributed by atoms with Gasteiger partial charge in [0.05, 0.1) is 24.6 Å². The number of hydrogen-bond acceptors (Lipinski definition) is 8. The Morgan fingerprint density at radius 3 is 1.67 bits per heavy atom. The second-order valence-corrected chi connectivity index (χ2v) is 11.0. The van der Waals surface area contributed by atoms with E-state index in [2.05, 4.69) is 20.6 Å². The summed E-state index contributed by atoms with van der Waals surface area (Å²) in [5, 5.41) is 7.77. The zero-order valence-corrected chi connectivity index (χ0v) is 19.3. The first-order valence-corrected chi connectivity index (χ1v) is 13.3. The van der Waals surface area contributed by atoms with E-state index in [0.717, 1.165) is 55.5 Å². The summed E-state index contributed by atoms with van der Waals surface area (Å²) in [5.74, 6) is 2.52. The van der Waals surface area contributed by atoms with E-state index in [-0.39, 0.29) is 11.8 Å². The monoisotopic (exact) mass is 476 g/mol. The van der Waals surface area contributed by atoms with Crippen molar-refractivity contribution < 1.29 is 9.59 Å². The number of nitrogens with zero attached hydrogens (tertiary/aromatic N) is 2. The van der Waals surface area contributed by atoms with Gasteiger partial charge in [-0.15, -0.1) is 0 Å². The van der Waals surface area contributed by atoms with Crippen LogP contribution in [0.1, 0.15) is 0 Å². The molecule has 2 N–H and O–H groups in total. The van der Waals surface area contributed by atoms with Gasteiger partial charge in [0.1, 0.15) is 8.75 Å². The molecule has 10 heteroatoms. The van der Waals surface area contributed by atoms with Crippen molar-refractivity contribution in [2.24, 2.45) is 9.98 Å². The van der Waals surface area contributed by atoms with Crippen molar-refractivity contribution >= 4 is 89.8 Å². The Kier molecular flexibility index (Phi) is 7.64. The van der Waals surface area contributed by atoms with Crippen LogP contribution in [0, 0.1) is 0 Å². The number of aliphatic imine (C=N–C) groups is 2. The topological polar surface area (TPSA) is 82.9 Å². The first-order chi connectivity index (χ1) is 14.7. The molecule has 0 radical (unpaired) electrons. The third-order valence-corrected chi connectivity index (χ3v) is 8.74. The van der Waals surface area contributed by atoms with Crippen molar-refractivity contribution in [1.82, 2.24) is 0 Å². The van der Waals surface area contributed by atoms with Gasteiger partial charge >= 0.3 is 0 Å². The van der Waals surface area contributed by atoms with Gasteiger partial charge in [0.25, 0.3) is 0 Å². The van der Waals surface area contributed by atoms with E-state index in [0.29, 0.717) is 11.5 Å². The van der Waals surface area contributed by atoms with Crippen LogP contribution >= 0.6 is 47.0 Å². The third kappa shape index (κ3) is 5.75. The Labute approximate surface area is 191 Å². The van der Waals surface area contributed by atoms with E-state index < -0.39 is 0 Å². The molecule has 0 unspecified atom stereocenters. The third-order valence-electron chi connectivity index (χ3n) is 4.24. The van der Waals surface area contributed by atoms with Gasteiger partial charge < -0.3 is 10.6 Å². The lowest BCUT2D eigenvalue weighted by molar-refractivity contribution is -0.114. The fourth-order valence-electron chi connectivity index (χ4n) is 2.96. The number of rotatable bonds is 6. The average molecular weight is 477 g/mol. The van der Waals surface area contributed by atoms with Gasteiger partial charge in [0.2, 0.25) is 11.8 Å². The summed E-state index contributed by atoms with van der Waals surface area (Å²) < 4.78 is 1.96. The molecule has 0 saturated carbocycles. The summed E-state index contributed by atoms with van der Waals surface area (Å²) in [7, 11) is 0. The summed E-state index contributed by atoms with van der Waals surface area (Å²) in [4.78, 5) is 33.5. The fraction of sp³-hybridized carbons (Fsp3) is 0.300. The quantitative estimate of drug-likeness (QED) is 0.643. The van der Waals surface area contributed by atoms with Gasteiger partial charge in [-0.25, -0.2) is 0 Å². The van der Waals surface area contributed by atoms with Crippen LogP contribution in [0.25, 0.3) is 10.8 Å². The van der Waals surface area contributed by atoms with Crippen LogP contribution in [-0.4, -0.2) is 56.7 Å². The van der Waals surface area contributed by atoms with Gasteiger partial charge in [0.15, 0.2) is 0 Å². The summed E-state index contributed by atoms with van der Waals surface area (Å²) in [6.07, 6.45) is 0. The smallest absolute Gasteiger partial charge is 0.234 e. The molecule has 2 aromatic carbocycles.